The van der Waals surface area contributed by atoms with E-state index in [0.717, 1.165) is 54.1 Å². The maximum absolute atomic E-state index is 6.76. The topological polar surface area (TPSA) is 89.9 Å². The minimum absolute atomic E-state index is 0.519. The van der Waals surface area contributed by atoms with Gasteiger partial charge in [-0.05, 0) is 23.8 Å². The van der Waals surface area contributed by atoms with Gasteiger partial charge in [-0.15, -0.1) is 0 Å². The highest BCUT2D eigenvalue weighted by molar-refractivity contribution is 6.30. The van der Waals surface area contributed by atoms with E-state index in [1.807, 2.05) is 42.5 Å². The van der Waals surface area contributed by atoms with Gasteiger partial charge in [0.2, 0.25) is 0 Å². The molecule has 0 bridgehead atoms. The number of halogens is 1. The minimum Gasteiger partial charge on any atom is -0.493 e. The van der Waals surface area contributed by atoms with Gasteiger partial charge in [-0.1, -0.05) is 35.9 Å². The van der Waals surface area contributed by atoms with Crippen molar-refractivity contribution >= 4 is 23.1 Å². The number of hydrogen-bond donors (Lipinski definition) is 2. The number of piperazine rings is 1. The molecular weight excluding hydrogens is 452 g/mol. The molecule has 0 saturated carbocycles. The van der Waals surface area contributed by atoms with Gasteiger partial charge in [-0.2, -0.15) is 9.61 Å². The number of ether oxygens (including phenoxy) is 2. The van der Waals surface area contributed by atoms with Gasteiger partial charge in [0.1, 0.15) is 5.82 Å². The zero-order chi connectivity index (χ0) is 23.7. The molecule has 2 aromatic carbocycles. The first-order valence-corrected chi connectivity index (χ1v) is 11.5. The maximum atomic E-state index is 6.76. The summed E-state index contributed by atoms with van der Waals surface area (Å²) in [5.74, 6) is 1.79. The first-order valence-electron chi connectivity index (χ1n) is 11.2. The van der Waals surface area contributed by atoms with E-state index in [1.165, 1.54) is 0 Å². The number of nitrogen functional groups attached to an aromatic ring is 1. The quantitative estimate of drug-likeness (QED) is 0.436. The second-order valence-electron chi connectivity index (χ2n) is 8.19. The van der Waals surface area contributed by atoms with Crippen LogP contribution in [-0.2, 0) is 6.54 Å². The number of benzene rings is 2. The van der Waals surface area contributed by atoms with Crippen LogP contribution in [0.3, 0.4) is 0 Å². The average molecular weight is 479 g/mol. The number of nitrogens with zero attached hydrogens (tertiary/aromatic N) is 4. The number of aromatic nitrogens is 3. The van der Waals surface area contributed by atoms with Crippen LogP contribution in [0.5, 0.6) is 11.5 Å². The van der Waals surface area contributed by atoms with Gasteiger partial charge in [-0.3, -0.25) is 4.90 Å². The third-order valence-corrected chi connectivity index (χ3v) is 6.38. The number of nitrogens with one attached hydrogen (secondary N) is 1. The SMILES string of the molecule is COc1cccc(-c2cnn3c(N)c(-c4cccc(Cl)c4)c(CN4CCNCC4)nc23)c1OC. The molecule has 0 aliphatic carbocycles. The number of hydrogen-bond acceptors (Lipinski definition) is 7. The molecule has 0 atom stereocenters. The molecule has 176 valence electrons. The average Bonchev–Trinajstić information content (AvgIpc) is 3.28. The van der Waals surface area contributed by atoms with Crippen molar-refractivity contribution in [3.8, 4) is 33.8 Å². The highest BCUT2D eigenvalue weighted by Gasteiger charge is 2.23. The highest BCUT2D eigenvalue weighted by Crippen LogP contribution is 2.41. The van der Waals surface area contributed by atoms with Crippen LogP contribution >= 0.6 is 11.6 Å². The first-order chi connectivity index (χ1) is 16.6. The fourth-order valence-electron chi connectivity index (χ4n) is 4.51. The van der Waals surface area contributed by atoms with Gasteiger partial charge >= 0.3 is 0 Å². The Balaban J connectivity index is 1.72. The molecule has 8 nitrogen and oxygen atoms in total. The summed E-state index contributed by atoms with van der Waals surface area (Å²) in [5.41, 5.74) is 11.7. The lowest BCUT2D eigenvalue weighted by Crippen LogP contribution is -2.43. The van der Waals surface area contributed by atoms with Crippen LogP contribution in [0.4, 0.5) is 5.82 Å². The van der Waals surface area contributed by atoms with Crippen molar-refractivity contribution in [3.05, 3.63) is 59.4 Å². The molecule has 2 aromatic heterocycles. The Morgan fingerprint density at radius 3 is 2.59 bits per heavy atom. The fourth-order valence-corrected chi connectivity index (χ4v) is 4.70. The van der Waals surface area contributed by atoms with Gasteiger partial charge in [-0.25, -0.2) is 4.98 Å². The van der Waals surface area contributed by atoms with Gasteiger partial charge < -0.3 is 20.5 Å². The van der Waals surface area contributed by atoms with E-state index in [0.29, 0.717) is 34.5 Å². The summed E-state index contributed by atoms with van der Waals surface area (Å²) in [5, 5.41) is 8.65. The Morgan fingerprint density at radius 1 is 1.06 bits per heavy atom. The normalized spacial score (nSPS) is 14.4. The molecule has 0 spiro atoms. The molecule has 3 N–H and O–H groups in total. The summed E-state index contributed by atoms with van der Waals surface area (Å²) < 4.78 is 12.9. The second kappa shape index (κ2) is 9.50. The van der Waals surface area contributed by atoms with Crippen molar-refractivity contribution in [3.63, 3.8) is 0 Å². The van der Waals surface area contributed by atoms with Crippen molar-refractivity contribution < 1.29 is 9.47 Å². The van der Waals surface area contributed by atoms with E-state index in [2.05, 4.69) is 15.3 Å². The van der Waals surface area contributed by atoms with E-state index in [1.54, 1.807) is 24.9 Å². The van der Waals surface area contributed by atoms with Gasteiger partial charge in [0.05, 0.1) is 31.7 Å². The first kappa shape index (κ1) is 22.5. The molecule has 1 fully saturated rings. The van der Waals surface area contributed by atoms with Crippen LogP contribution in [0.15, 0.2) is 48.7 Å². The summed E-state index contributed by atoms with van der Waals surface area (Å²) in [4.78, 5) is 7.50. The van der Waals surface area contributed by atoms with Gasteiger partial charge in [0.15, 0.2) is 17.1 Å². The molecule has 9 heteroatoms. The second-order valence-corrected chi connectivity index (χ2v) is 8.63. The molecule has 1 aliphatic rings. The Bertz CT molecular complexity index is 1330. The predicted octanol–water partition coefficient (Wildman–Crippen LogP) is 3.72. The van der Waals surface area contributed by atoms with E-state index in [4.69, 9.17) is 31.8 Å². The van der Waals surface area contributed by atoms with E-state index < -0.39 is 0 Å². The van der Waals surface area contributed by atoms with Crippen LogP contribution in [0.25, 0.3) is 27.9 Å². The monoisotopic (exact) mass is 478 g/mol. The Kier molecular flexibility index (Phi) is 6.28. The van der Waals surface area contributed by atoms with E-state index in [-0.39, 0.29) is 0 Å². The van der Waals surface area contributed by atoms with Crippen LogP contribution in [0.1, 0.15) is 5.69 Å². The van der Waals surface area contributed by atoms with E-state index in [9.17, 15) is 0 Å². The molecule has 5 rings (SSSR count). The lowest BCUT2D eigenvalue weighted by molar-refractivity contribution is 0.231. The van der Waals surface area contributed by atoms with Crippen molar-refractivity contribution in [2.45, 2.75) is 6.54 Å². The molecule has 34 heavy (non-hydrogen) atoms. The summed E-state index contributed by atoms with van der Waals surface area (Å²) >= 11 is 6.33. The number of nitrogens with two attached hydrogens (primary N) is 1. The van der Waals surface area contributed by atoms with Gasteiger partial charge in [0, 0.05) is 48.9 Å². The van der Waals surface area contributed by atoms with Crippen LogP contribution in [-0.4, -0.2) is 59.9 Å². The zero-order valence-corrected chi connectivity index (χ0v) is 20.0. The predicted molar refractivity (Wildman–Crippen MR) is 135 cm³/mol. The fraction of sp³-hybridized carbons (Fsp3) is 0.280. The zero-order valence-electron chi connectivity index (χ0n) is 19.2. The smallest absolute Gasteiger partial charge is 0.168 e. The Hall–Kier alpha value is -3.33. The number of methoxy groups -OCH3 is 2. The third kappa shape index (κ3) is 4.04. The van der Waals surface area contributed by atoms with Gasteiger partial charge in [0.25, 0.3) is 0 Å². The summed E-state index contributed by atoms with van der Waals surface area (Å²) in [7, 11) is 3.25. The summed E-state index contributed by atoms with van der Waals surface area (Å²) in [6, 6.07) is 13.4. The lowest BCUT2D eigenvalue weighted by atomic mass is 10.0. The lowest BCUT2D eigenvalue weighted by Gasteiger charge is -2.28. The summed E-state index contributed by atoms with van der Waals surface area (Å²) in [6.45, 7) is 4.45. The molecule has 0 unspecified atom stereocenters. The van der Waals surface area contributed by atoms with Crippen LogP contribution in [0.2, 0.25) is 5.02 Å². The van der Waals surface area contributed by atoms with Crippen molar-refractivity contribution in [1.29, 1.82) is 0 Å². The highest BCUT2D eigenvalue weighted by atomic mass is 35.5. The maximum Gasteiger partial charge on any atom is 0.168 e. The Morgan fingerprint density at radius 2 is 1.85 bits per heavy atom. The molecule has 0 amide bonds. The minimum atomic E-state index is 0.519. The number of fused-ring (bicyclic) bond motifs is 1. The largest absolute Gasteiger partial charge is 0.493 e. The van der Waals surface area contributed by atoms with Crippen LogP contribution in [0, 0.1) is 0 Å². The number of anilines is 1. The molecule has 0 radical (unpaired) electrons. The molecule has 3 heterocycles. The standard InChI is InChI=1S/C25H27ClN6O2/c1-33-21-8-4-7-18(23(21)34-2)19-14-29-32-24(27)22(16-5-3-6-17(26)13-16)20(30-25(19)32)15-31-11-9-28-10-12-31/h3-8,13-14,28H,9-12,15,27H2,1-2H3. The van der Waals surface area contributed by atoms with E-state index >= 15 is 0 Å². The molecular formula is C25H27ClN6O2. The third-order valence-electron chi connectivity index (χ3n) is 6.15. The Labute approximate surface area is 203 Å². The summed E-state index contributed by atoms with van der Waals surface area (Å²) in [6.07, 6.45) is 1.77. The molecule has 4 aromatic rings. The molecule has 1 aliphatic heterocycles. The van der Waals surface area contributed by atoms with Crippen molar-refractivity contribution in [2.24, 2.45) is 0 Å². The van der Waals surface area contributed by atoms with Crippen molar-refractivity contribution in [1.82, 2.24) is 24.8 Å². The number of para-hydroxylation sites is 1. The number of rotatable bonds is 6. The van der Waals surface area contributed by atoms with Crippen LogP contribution < -0.4 is 20.5 Å². The van der Waals surface area contributed by atoms with Crippen molar-refractivity contribution in [2.75, 3.05) is 46.1 Å². The molecule has 1 saturated heterocycles.